The molecule has 2 atom stereocenters. The van der Waals surface area contributed by atoms with Crippen LogP contribution in [0.25, 0.3) is 5.69 Å². The number of carbonyl (C=O) groups is 2. The van der Waals surface area contributed by atoms with Gasteiger partial charge in [-0.25, -0.2) is 4.79 Å². The van der Waals surface area contributed by atoms with Crippen molar-refractivity contribution in [2.24, 2.45) is 0 Å². The first-order valence-electron chi connectivity index (χ1n) is 8.26. The Labute approximate surface area is 145 Å². The van der Waals surface area contributed by atoms with Crippen LogP contribution in [0, 0.1) is 0 Å². The van der Waals surface area contributed by atoms with E-state index in [0.29, 0.717) is 18.9 Å². The molecule has 132 valence electrons. The highest BCUT2D eigenvalue weighted by Gasteiger charge is 2.29. The van der Waals surface area contributed by atoms with Crippen LogP contribution < -0.4 is 10.6 Å². The first-order valence-corrected chi connectivity index (χ1v) is 8.26. The molecule has 0 saturated carbocycles. The van der Waals surface area contributed by atoms with Gasteiger partial charge in [-0.1, -0.05) is 18.2 Å². The Morgan fingerprint density at radius 1 is 1.36 bits per heavy atom. The van der Waals surface area contributed by atoms with Crippen molar-refractivity contribution >= 4 is 11.9 Å². The third-order valence-electron chi connectivity index (χ3n) is 4.20. The van der Waals surface area contributed by atoms with Crippen molar-refractivity contribution in [3.8, 4) is 5.69 Å². The first-order chi connectivity index (χ1) is 12.1. The number of urea groups is 1. The highest BCUT2D eigenvalue weighted by Crippen LogP contribution is 2.15. The van der Waals surface area contributed by atoms with Crippen molar-refractivity contribution in [2.75, 3.05) is 13.1 Å². The van der Waals surface area contributed by atoms with E-state index in [1.54, 1.807) is 11.6 Å². The van der Waals surface area contributed by atoms with Crippen LogP contribution in [0.1, 0.15) is 32.1 Å². The molecule has 0 aliphatic carbocycles. The average molecular weight is 343 g/mol. The number of para-hydroxylation sites is 1. The Morgan fingerprint density at radius 2 is 2.12 bits per heavy atom. The van der Waals surface area contributed by atoms with E-state index in [4.69, 9.17) is 0 Å². The van der Waals surface area contributed by atoms with E-state index in [-0.39, 0.29) is 11.9 Å². The van der Waals surface area contributed by atoms with Crippen LogP contribution in [-0.2, 0) is 4.79 Å². The number of hydrogen-bond acceptors (Lipinski definition) is 5. The van der Waals surface area contributed by atoms with Gasteiger partial charge in [-0.3, -0.25) is 4.79 Å². The lowest BCUT2D eigenvalue weighted by Gasteiger charge is -2.27. The lowest BCUT2D eigenvalue weighted by Crippen LogP contribution is -2.50. The fourth-order valence-electron chi connectivity index (χ4n) is 2.77. The zero-order valence-electron chi connectivity index (χ0n) is 14.2. The molecule has 0 unspecified atom stereocenters. The number of aromatic nitrogens is 4. The number of rotatable bonds is 3. The normalized spacial score (nSPS) is 19.0. The lowest BCUT2D eigenvalue weighted by molar-refractivity contribution is -0.124. The second kappa shape index (κ2) is 7.29. The molecule has 1 aliphatic rings. The number of nitrogens with one attached hydrogen (secondary N) is 2. The van der Waals surface area contributed by atoms with Crippen molar-refractivity contribution in [1.29, 1.82) is 0 Å². The number of amides is 3. The molecular weight excluding hydrogens is 322 g/mol. The van der Waals surface area contributed by atoms with E-state index in [9.17, 15) is 9.59 Å². The van der Waals surface area contributed by atoms with Gasteiger partial charge in [-0.05, 0) is 42.8 Å². The summed E-state index contributed by atoms with van der Waals surface area (Å²) >= 11 is 0. The van der Waals surface area contributed by atoms with Gasteiger partial charge in [-0.15, -0.1) is 5.10 Å². The number of carbonyl (C=O) groups excluding carboxylic acids is 2. The summed E-state index contributed by atoms with van der Waals surface area (Å²) in [5, 5.41) is 17.4. The molecule has 9 heteroatoms. The predicted octanol–water partition coefficient (Wildman–Crippen LogP) is 0.643. The highest BCUT2D eigenvalue weighted by molar-refractivity contribution is 5.87. The number of hydrogen-bond donors (Lipinski definition) is 2. The molecule has 1 saturated heterocycles. The summed E-state index contributed by atoms with van der Waals surface area (Å²) in [7, 11) is 0. The van der Waals surface area contributed by atoms with Gasteiger partial charge >= 0.3 is 6.03 Å². The molecule has 0 bridgehead atoms. The van der Waals surface area contributed by atoms with Crippen LogP contribution in [0.5, 0.6) is 0 Å². The first kappa shape index (κ1) is 16.9. The lowest BCUT2D eigenvalue weighted by atomic mass is 10.2. The molecule has 9 nitrogen and oxygen atoms in total. The second-order valence-corrected chi connectivity index (χ2v) is 5.97. The van der Waals surface area contributed by atoms with Crippen molar-refractivity contribution < 1.29 is 9.59 Å². The van der Waals surface area contributed by atoms with Crippen LogP contribution in [-0.4, -0.2) is 56.2 Å². The topological polar surface area (TPSA) is 105 Å². The van der Waals surface area contributed by atoms with Gasteiger partial charge in [0.15, 0.2) is 5.82 Å². The molecule has 2 heterocycles. The van der Waals surface area contributed by atoms with Gasteiger partial charge < -0.3 is 15.5 Å². The number of benzene rings is 1. The van der Waals surface area contributed by atoms with Crippen molar-refractivity contribution in [1.82, 2.24) is 35.7 Å². The van der Waals surface area contributed by atoms with Crippen molar-refractivity contribution in [3.05, 3.63) is 36.2 Å². The highest BCUT2D eigenvalue weighted by atomic mass is 16.2. The van der Waals surface area contributed by atoms with E-state index < -0.39 is 12.1 Å². The summed E-state index contributed by atoms with van der Waals surface area (Å²) in [5.74, 6) is 0.376. The molecule has 1 aliphatic heterocycles. The minimum atomic E-state index is -0.514. The summed E-state index contributed by atoms with van der Waals surface area (Å²) in [4.78, 5) is 26.1. The van der Waals surface area contributed by atoms with E-state index in [1.807, 2.05) is 37.3 Å². The SMILES string of the molecule is C[C@H](NC(=O)N1CCCNC(=O)[C@@H]1C)c1nnnn1-c1ccccc1. The summed E-state index contributed by atoms with van der Waals surface area (Å²) in [6, 6.07) is 8.22. The maximum absolute atomic E-state index is 12.6. The fourth-order valence-corrected chi connectivity index (χ4v) is 2.77. The number of tetrazole rings is 1. The minimum Gasteiger partial charge on any atom is -0.354 e. The summed E-state index contributed by atoms with van der Waals surface area (Å²) in [6.07, 6.45) is 0.722. The van der Waals surface area contributed by atoms with Crippen molar-refractivity contribution in [3.63, 3.8) is 0 Å². The van der Waals surface area contributed by atoms with Gasteiger partial charge in [0.2, 0.25) is 5.91 Å². The molecule has 0 spiro atoms. The zero-order valence-corrected chi connectivity index (χ0v) is 14.2. The molecule has 1 fully saturated rings. The molecule has 25 heavy (non-hydrogen) atoms. The van der Waals surface area contributed by atoms with E-state index in [1.165, 1.54) is 4.90 Å². The molecular formula is C16H21N7O2. The molecule has 1 aromatic carbocycles. The summed E-state index contributed by atoms with van der Waals surface area (Å²) in [5.41, 5.74) is 0.811. The molecule has 3 amide bonds. The van der Waals surface area contributed by atoms with Crippen LogP contribution in [0.3, 0.4) is 0 Å². The third kappa shape index (κ3) is 3.59. The van der Waals surface area contributed by atoms with Gasteiger partial charge in [0.25, 0.3) is 0 Å². The molecule has 2 aromatic rings. The predicted molar refractivity (Wildman–Crippen MR) is 89.9 cm³/mol. The largest absolute Gasteiger partial charge is 0.354 e. The van der Waals surface area contributed by atoms with E-state index in [0.717, 1.165) is 12.1 Å². The Morgan fingerprint density at radius 3 is 2.88 bits per heavy atom. The molecule has 2 N–H and O–H groups in total. The van der Waals surface area contributed by atoms with Gasteiger partial charge in [0, 0.05) is 13.1 Å². The standard InChI is InChI=1S/C16H21N7O2/c1-11(14-19-20-21-23(14)13-7-4-3-5-8-13)18-16(25)22-10-6-9-17-15(24)12(22)2/h3-5,7-8,11-12H,6,9-10H2,1-2H3,(H,17,24)(H,18,25)/t11-,12-/m0/s1. The Kier molecular flexibility index (Phi) is 4.92. The van der Waals surface area contributed by atoms with Crippen LogP contribution in [0.4, 0.5) is 4.79 Å². The quantitative estimate of drug-likeness (QED) is 0.851. The molecule has 0 radical (unpaired) electrons. The van der Waals surface area contributed by atoms with Gasteiger partial charge in [-0.2, -0.15) is 4.68 Å². The van der Waals surface area contributed by atoms with Gasteiger partial charge in [0.1, 0.15) is 6.04 Å². The second-order valence-electron chi connectivity index (χ2n) is 5.97. The van der Waals surface area contributed by atoms with E-state index in [2.05, 4.69) is 26.2 Å². The Balaban J connectivity index is 1.74. The average Bonchev–Trinajstić information content (AvgIpc) is 3.05. The van der Waals surface area contributed by atoms with Crippen LogP contribution in [0.15, 0.2) is 30.3 Å². The zero-order chi connectivity index (χ0) is 17.8. The van der Waals surface area contributed by atoms with Gasteiger partial charge in [0.05, 0.1) is 11.7 Å². The Hall–Kier alpha value is -2.97. The fraction of sp³-hybridized carbons (Fsp3) is 0.438. The summed E-state index contributed by atoms with van der Waals surface area (Å²) < 4.78 is 1.59. The van der Waals surface area contributed by atoms with E-state index >= 15 is 0 Å². The Bertz CT molecular complexity index is 746. The maximum Gasteiger partial charge on any atom is 0.318 e. The monoisotopic (exact) mass is 343 g/mol. The molecule has 3 rings (SSSR count). The summed E-state index contributed by atoms with van der Waals surface area (Å²) in [6.45, 7) is 4.63. The number of nitrogens with zero attached hydrogens (tertiary/aromatic N) is 5. The minimum absolute atomic E-state index is 0.144. The smallest absolute Gasteiger partial charge is 0.318 e. The van der Waals surface area contributed by atoms with Crippen LogP contribution >= 0.6 is 0 Å². The van der Waals surface area contributed by atoms with Crippen molar-refractivity contribution in [2.45, 2.75) is 32.4 Å². The van der Waals surface area contributed by atoms with Crippen LogP contribution in [0.2, 0.25) is 0 Å². The maximum atomic E-state index is 12.6. The molecule has 1 aromatic heterocycles. The third-order valence-corrected chi connectivity index (χ3v) is 4.20.